The summed E-state index contributed by atoms with van der Waals surface area (Å²) in [4.78, 5) is 25.2. The molecule has 8 heteroatoms. The van der Waals surface area contributed by atoms with Gasteiger partial charge in [-0.25, -0.2) is 14.4 Å². The number of anilines is 1. The van der Waals surface area contributed by atoms with Gasteiger partial charge in [0.25, 0.3) is 5.91 Å². The van der Waals surface area contributed by atoms with Crippen molar-refractivity contribution in [2.75, 3.05) is 18.9 Å². The van der Waals surface area contributed by atoms with E-state index in [0.29, 0.717) is 29.2 Å². The number of halogens is 1. The average molecular weight is 440 g/mol. The second-order valence-corrected chi connectivity index (χ2v) is 7.56. The number of nitrogens with one attached hydrogen (secondary N) is 2. The van der Waals surface area contributed by atoms with Crippen molar-refractivity contribution in [2.45, 2.75) is 12.8 Å². The van der Waals surface area contributed by atoms with E-state index in [9.17, 15) is 9.18 Å². The number of nitrogens with zero attached hydrogens (tertiary/aromatic N) is 4. The molecule has 0 fully saturated rings. The molecule has 0 aliphatic carbocycles. The standard InChI is InChI=1S/C25H21FN6O/c1-15(18-4-3-5-19-20(25(33)28-2)8-9-29-24(18)19)13-30-23-11-22(31-14-32-23)16-6-7-17(12-27)21(26)10-16/h3-11,14-15H,13H2,1-2H3,(H,28,33)(H,30,31,32)/t15-/m1/s1. The molecule has 2 N–H and O–H groups in total. The summed E-state index contributed by atoms with van der Waals surface area (Å²) in [5, 5.41) is 15.7. The lowest BCUT2D eigenvalue weighted by molar-refractivity contribution is 0.0964. The number of fused-ring (bicyclic) bond motifs is 1. The second kappa shape index (κ2) is 9.40. The number of hydrogen-bond donors (Lipinski definition) is 2. The highest BCUT2D eigenvalue weighted by molar-refractivity contribution is 6.06. The van der Waals surface area contributed by atoms with Crippen LogP contribution in [0.1, 0.15) is 34.3 Å². The highest BCUT2D eigenvalue weighted by Crippen LogP contribution is 2.27. The summed E-state index contributed by atoms with van der Waals surface area (Å²) in [6, 6.07) is 15.5. The summed E-state index contributed by atoms with van der Waals surface area (Å²) >= 11 is 0. The van der Waals surface area contributed by atoms with E-state index in [1.165, 1.54) is 18.5 Å². The number of pyridine rings is 1. The third kappa shape index (κ3) is 4.48. The molecule has 7 nitrogen and oxygen atoms in total. The third-order valence-corrected chi connectivity index (χ3v) is 5.45. The third-order valence-electron chi connectivity index (χ3n) is 5.45. The summed E-state index contributed by atoms with van der Waals surface area (Å²) in [6.07, 6.45) is 3.05. The number of para-hydroxylation sites is 1. The number of rotatable bonds is 6. The predicted octanol–water partition coefficient (Wildman–Crippen LogP) is 4.28. The molecule has 33 heavy (non-hydrogen) atoms. The van der Waals surface area contributed by atoms with Crippen molar-refractivity contribution < 1.29 is 9.18 Å². The van der Waals surface area contributed by atoms with Gasteiger partial charge in [0, 0.05) is 42.7 Å². The van der Waals surface area contributed by atoms with Crippen LogP contribution in [0.25, 0.3) is 22.2 Å². The van der Waals surface area contributed by atoms with E-state index >= 15 is 0 Å². The lowest BCUT2D eigenvalue weighted by atomic mass is 9.96. The van der Waals surface area contributed by atoms with E-state index in [0.717, 1.165) is 16.5 Å². The number of carbonyl (C=O) groups is 1. The fourth-order valence-corrected chi connectivity index (χ4v) is 3.67. The molecule has 1 atom stereocenters. The van der Waals surface area contributed by atoms with Gasteiger partial charge in [0.2, 0.25) is 0 Å². The van der Waals surface area contributed by atoms with E-state index in [4.69, 9.17) is 5.26 Å². The molecule has 0 radical (unpaired) electrons. The molecule has 4 rings (SSSR count). The topological polar surface area (TPSA) is 104 Å². The molecule has 0 aliphatic rings. The number of amides is 1. The van der Waals surface area contributed by atoms with E-state index < -0.39 is 5.82 Å². The zero-order valence-corrected chi connectivity index (χ0v) is 18.1. The van der Waals surface area contributed by atoms with Crippen LogP contribution in [0.4, 0.5) is 10.2 Å². The van der Waals surface area contributed by atoms with Crippen molar-refractivity contribution in [3.63, 3.8) is 0 Å². The molecule has 2 heterocycles. The molecule has 2 aromatic heterocycles. The van der Waals surface area contributed by atoms with Crippen LogP contribution in [-0.2, 0) is 0 Å². The first-order valence-electron chi connectivity index (χ1n) is 10.4. The quantitative estimate of drug-likeness (QED) is 0.464. The van der Waals surface area contributed by atoms with Crippen LogP contribution < -0.4 is 10.6 Å². The number of carbonyl (C=O) groups excluding carboxylic acids is 1. The molecule has 1 amide bonds. The summed E-state index contributed by atoms with van der Waals surface area (Å²) in [5.74, 6) is -0.0859. The maximum atomic E-state index is 14.0. The van der Waals surface area contributed by atoms with E-state index in [1.54, 1.807) is 31.4 Å². The van der Waals surface area contributed by atoms with Gasteiger partial charge in [0.15, 0.2) is 0 Å². The average Bonchev–Trinajstić information content (AvgIpc) is 2.86. The first-order chi connectivity index (χ1) is 16.0. The lowest BCUT2D eigenvalue weighted by Gasteiger charge is -2.16. The van der Waals surface area contributed by atoms with Gasteiger partial charge >= 0.3 is 0 Å². The summed E-state index contributed by atoms with van der Waals surface area (Å²) in [5.41, 5.74) is 3.47. The summed E-state index contributed by atoms with van der Waals surface area (Å²) < 4.78 is 14.0. The molecule has 164 valence electrons. The Balaban J connectivity index is 1.55. The van der Waals surface area contributed by atoms with Crippen LogP contribution in [0.2, 0.25) is 0 Å². The van der Waals surface area contributed by atoms with Crippen LogP contribution in [0.5, 0.6) is 0 Å². The van der Waals surface area contributed by atoms with Crippen molar-refractivity contribution >= 4 is 22.6 Å². The Hall–Kier alpha value is -4.38. The Morgan fingerprint density at radius 2 is 2.00 bits per heavy atom. The van der Waals surface area contributed by atoms with Gasteiger partial charge in [-0.15, -0.1) is 0 Å². The van der Waals surface area contributed by atoms with Gasteiger partial charge in [-0.1, -0.05) is 31.2 Å². The molecule has 2 aromatic carbocycles. The highest BCUT2D eigenvalue weighted by atomic mass is 19.1. The largest absolute Gasteiger partial charge is 0.369 e. The summed E-state index contributed by atoms with van der Waals surface area (Å²) in [6.45, 7) is 2.62. The zero-order valence-electron chi connectivity index (χ0n) is 18.1. The molecular weight excluding hydrogens is 419 g/mol. The number of nitriles is 1. The Morgan fingerprint density at radius 3 is 2.76 bits per heavy atom. The van der Waals surface area contributed by atoms with Gasteiger partial charge in [0.05, 0.1) is 22.3 Å². The van der Waals surface area contributed by atoms with Crippen molar-refractivity contribution in [3.05, 3.63) is 83.6 Å². The molecule has 0 saturated carbocycles. The fraction of sp³-hybridized carbons (Fsp3) is 0.160. The molecular formula is C25H21FN6O. The first kappa shape index (κ1) is 21.8. The lowest BCUT2D eigenvalue weighted by Crippen LogP contribution is -2.18. The number of benzene rings is 2. The molecule has 0 spiro atoms. The minimum atomic E-state index is -0.587. The number of hydrogen-bond acceptors (Lipinski definition) is 6. The van der Waals surface area contributed by atoms with Crippen LogP contribution >= 0.6 is 0 Å². The Labute approximate surface area is 190 Å². The first-order valence-corrected chi connectivity index (χ1v) is 10.4. The predicted molar refractivity (Wildman–Crippen MR) is 124 cm³/mol. The molecule has 4 aromatic rings. The van der Waals surface area contributed by atoms with Crippen molar-refractivity contribution in [1.29, 1.82) is 5.26 Å². The monoisotopic (exact) mass is 440 g/mol. The van der Waals surface area contributed by atoms with Crippen LogP contribution in [-0.4, -0.2) is 34.5 Å². The normalized spacial score (nSPS) is 11.6. The van der Waals surface area contributed by atoms with Gasteiger partial charge < -0.3 is 10.6 Å². The summed E-state index contributed by atoms with van der Waals surface area (Å²) in [7, 11) is 1.60. The number of aromatic nitrogens is 3. The zero-order chi connectivity index (χ0) is 23.4. The van der Waals surface area contributed by atoms with Crippen LogP contribution in [0.3, 0.4) is 0 Å². The van der Waals surface area contributed by atoms with Crippen molar-refractivity contribution in [1.82, 2.24) is 20.3 Å². The Bertz CT molecular complexity index is 1380. The van der Waals surface area contributed by atoms with Gasteiger partial charge in [-0.05, 0) is 23.8 Å². The minimum absolute atomic E-state index is 0.0109. The van der Waals surface area contributed by atoms with Crippen molar-refractivity contribution in [2.24, 2.45) is 0 Å². The van der Waals surface area contributed by atoms with E-state index in [2.05, 4.69) is 32.5 Å². The highest BCUT2D eigenvalue weighted by Gasteiger charge is 2.15. The van der Waals surface area contributed by atoms with Crippen LogP contribution in [0.15, 0.2) is 61.1 Å². The fourth-order valence-electron chi connectivity index (χ4n) is 3.67. The van der Waals surface area contributed by atoms with Gasteiger partial charge in [-0.2, -0.15) is 5.26 Å². The SMILES string of the molecule is CNC(=O)c1ccnc2c([C@H](C)CNc3cc(-c4ccc(C#N)c(F)c4)ncn3)cccc12. The van der Waals surface area contributed by atoms with E-state index in [1.807, 2.05) is 24.3 Å². The van der Waals surface area contributed by atoms with Gasteiger partial charge in [0.1, 0.15) is 24.0 Å². The molecule has 0 unspecified atom stereocenters. The van der Waals surface area contributed by atoms with Crippen molar-refractivity contribution in [3.8, 4) is 17.3 Å². The molecule has 0 bridgehead atoms. The minimum Gasteiger partial charge on any atom is -0.369 e. The maximum Gasteiger partial charge on any atom is 0.251 e. The Kier molecular flexibility index (Phi) is 6.22. The second-order valence-electron chi connectivity index (χ2n) is 7.56. The smallest absolute Gasteiger partial charge is 0.251 e. The maximum absolute atomic E-state index is 14.0. The van der Waals surface area contributed by atoms with Gasteiger partial charge in [-0.3, -0.25) is 9.78 Å². The Morgan fingerprint density at radius 1 is 1.15 bits per heavy atom. The van der Waals surface area contributed by atoms with Crippen LogP contribution in [0, 0.1) is 17.1 Å². The molecule has 0 aliphatic heterocycles. The van der Waals surface area contributed by atoms with E-state index in [-0.39, 0.29) is 17.4 Å². The molecule has 0 saturated heterocycles.